The van der Waals surface area contributed by atoms with E-state index in [0.29, 0.717) is 19.3 Å². The van der Waals surface area contributed by atoms with Gasteiger partial charge in [0, 0.05) is 12.8 Å². The van der Waals surface area contributed by atoms with Crippen molar-refractivity contribution < 1.29 is 24.2 Å². The fourth-order valence-electron chi connectivity index (χ4n) is 5.76. The maximum Gasteiger partial charge on any atom is 0.306 e. The number of carbonyl (C=O) groups is 2. The topological polar surface area (TPSA) is 72.8 Å². The third-order valence-electron chi connectivity index (χ3n) is 8.98. The average molecular weight is 725 g/mol. The molecule has 0 aliphatic heterocycles. The summed E-state index contributed by atoms with van der Waals surface area (Å²) in [5.74, 6) is -0.662. The summed E-state index contributed by atoms with van der Waals surface area (Å²) in [6, 6.07) is 0. The highest BCUT2D eigenvalue weighted by Gasteiger charge is 2.16. The molecule has 0 unspecified atom stereocenters. The number of unbranched alkanes of at least 4 members (excludes halogenated alkanes) is 18. The van der Waals surface area contributed by atoms with Gasteiger partial charge in [0.2, 0.25) is 0 Å². The van der Waals surface area contributed by atoms with Crippen LogP contribution in [0.1, 0.15) is 194 Å². The van der Waals surface area contributed by atoms with Crippen LogP contribution >= 0.6 is 0 Å². The van der Waals surface area contributed by atoms with Crippen molar-refractivity contribution in [1.82, 2.24) is 0 Å². The average Bonchev–Trinajstić information content (AvgIpc) is 3.15. The number of allylic oxidation sites excluding steroid dienone is 12. The summed E-state index contributed by atoms with van der Waals surface area (Å²) >= 11 is 0. The standard InChI is InChI=1S/C47H80O5/c1-3-5-7-9-11-13-15-17-19-21-22-23-24-26-28-30-32-34-36-38-40-42-47(50)52-45(43-48)44-51-46(49)41-39-37-35-33-31-29-27-25-20-18-16-14-12-10-8-6-4-2/h6,8,12,14,17-20,27,29,33,35,45,48H,3-5,7,9-11,13,15-16,21-26,28,30-32,34,36-44H2,1-2H3/t45-/m0/s1. The smallest absolute Gasteiger partial charge is 0.306 e. The van der Waals surface area contributed by atoms with E-state index in [1.165, 1.54) is 103 Å². The van der Waals surface area contributed by atoms with Crippen LogP contribution in [0.25, 0.3) is 0 Å². The van der Waals surface area contributed by atoms with Crippen LogP contribution in [0.15, 0.2) is 72.9 Å². The fraction of sp³-hybridized carbons (Fsp3) is 0.702. The molecule has 5 nitrogen and oxygen atoms in total. The Morgan fingerprint density at radius 1 is 0.462 bits per heavy atom. The zero-order valence-corrected chi connectivity index (χ0v) is 33.8. The molecule has 0 amide bonds. The SMILES string of the molecule is CCC=CCC=CCC=CCC=CCC=CCCCC(=O)OC[C@H](CO)OC(=O)CCCCCCCCCCCCCC=CCCCCCCCC. The lowest BCUT2D eigenvalue weighted by atomic mass is 10.0. The van der Waals surface area contributed by atoms with Crippen LogP contribution in [0.2, 0.25) is 0 Å². The second kappa shape index (κ2) is 42.8. The van der Waals surface area contributed by atoms with Gasteiger partial charge in [-0.15, -0.1) is 0 Å². The number of aliphatic hydroxyl groups is 1. The summed E-state index contributed by atoms with van der Waals surface area (Å²) < 4.78 is 10.6. The Morgan fingerprint density at radius 3 is 1.33 bits per heavy atom. The van der Waals surface area contributed by atoms with E-state index >= 15 is 0 Å². The Labute approximate surface area is 321 Å². The molecule has 0 fully saturated rings. The van der Waals surface area contributed by atoms with Crippen LogP contribution in [0.4, 0.5) is 0 Å². The first-order chi connectivity index (χ1) is 25.6. The first-order valence-corrected chi connectivity index (χ1v) is 21.5. The van der Waals surface area contributed by atoms with Crippen molar-refractivity contribution in [2.45, 2.75) is 200 Å². The van der Waals surface area contributed by atoms with Gasteiger partial charge in [-0.3, -0.25) is 9.59 Å². The Balaban J connectivity index is 3.62. The Kier molecular flexibility index (Phi) is 40.6. The molecule has 0 bridgehead atoms. The van der Waals surface area contributed by atoms with E-state index in [1.54, 1.807) is 0 Å². The van der Waals surface area contributed by atoms with Crippen molar-refractivity contribution in [1.29, 1.82) is 0 Å². The molecule has 5 heteroatoms. The molecule has 1 N–H and O–H groups in total. The highest BCUT2D eigenvalue weighted by molar-refractivity contribution is 5.70. The summed E-state index contributed by atoms with van der Waals surface area (Å²) in [5, 5.41) is 9.57. The van der Waals surface area contributed by atoms with E-state index in [-0.39, 0.29) is 25.2 Å². The third-order valence-corrected chi connectivity index (χ3v) is 8.98. The van der Waals surface area contributed by atoms with Gasteiger partial charge in [-0.25, -0.2) is 0 Å². The summed E-state index contributed by atoms with van der Waals surface area (Å²) in [6.45, 7) is 3.97. The van der Waals surface area contributed by atoms with E-state index in [0.717, 1.165) is 57.8 Å². The zero-order chi connectivity index (χ0) is 37.8. The van der Waals surface area contributed by atoms with E-state index < -0.39 is 6.10 Å². The van der Waals surface area contributed by atoms with Crippen LogP contribution in [0, 0.1) is 0 Å². The molecule has 0 aliphatic rings. The molecule has 0 aromatic heterocycles. The number of ether oxygens (including phenoxy) is 2. The lowest BCUT2D eigenvalue weighted by Gasteiger charge is -2.15. The van der Waals surface area contributed by atoms with Crippen molar-refractivity contribution >= 4 is 11.9 Å². The predicted molar refractivity (Wildman–Crippen MR) is 223 cm³/mol. The van der Waals surface area contributed by atoms with Crippen molar-refractivity contribution in [2.75, 3.05) is 13.2 Å². The quantitative estimate of drug-likeness (QED) is 0.0390. The fourth-order valence-corrected chi connectivity index (χ4v) is 5.76. The summed E-state index contributed by atoms with van der Waals surface area (Å²) in [6.07, 6.45) is 56.9. The summed E-state index contributed by atoms with van der Waals surface area (Å²) in [7, 11) is 0. The van der Waals surface area contributed by atoms with Gasteiger partial charge in [-0.05, 0) is 77.0 Å². The molecule has 0 aromatic rings. The van der Waals surface area contributed by atoms with Crippen molar-refractivity contribution in [3.05, 3.63) is 72.9 Å². The number of aliphatic hydroxyl groups excluding tert-OH is 1. The molecule has 0 aromatic carbocycles. The second-order valence-electron chi connectivity index (χ2n) is 14.0. The van der Waals surface area contributed by atoms with Crippen molar-refractivity contribution in [3.8, 4) is 0 Å². The lowest BCUT2D eigenvalue weighted by molar-refractivity contribution is -0.161. The second-order valence-corrected chi connectivity index (χ2v) is 14.0. The first-order valence-electron chi connectivity index (χ1n) is 21.5. The number of esters is 2. The number of rotatable bonds is 38. The van der Waals surface area contributed by atoms with E-state index in [4.69, 9.17) is 9.47 Å². The van der Waals surface area contributed by atoms with Gasteiger partial charge < -0.3 is 14.6 Å². The molecule has 0 rings (SSSR count). The number of carbonyl (C=O) groups excluding carboxylic acids is 2. The molecule has 0 radical (unpaired) electrons. The van der Waals surface area contributed by atoms with Gasteiger partial charge >= 0.3 is 11.9 Å². The number of hydrogen-bond acceptors (Lipinski definition) is 5. The molecule has 0 aliphatic carbocycles. The highest BCUT2D eigenvalue weighted by Crippen LogP contribution is 2.14. The normalized spacial score (nSPS) is 12.9. The molecular weight excluding hydrogens is 645 g/mol. The van der Waals surface area contributed by atoms with Crippen LogP contribution in [0.3, 0.4) is 0 Å². The Morgan fingerprint density at radius 2 is 0.846 bits per heavy atom. The van der Waals surface area contributed by atoms with Crippen LogP contribution in [-0.4, -0.2) is 36.4 Å². The van der Waals surface area contributed by atoms with Crippen LogP contribution in [0.5, 0.6) is 0 Å². The molecular formula is C47H80O5. The molecule has 0 saturated heterocycles. The van der Waals surface area contributed by atoms with Gasteiger partial charge in [0.05, 0.1) is 6.61 Å². The number of hydrogen-bond donors (Lipinski definition) is 1. The van der Waals surface area contributed by atoms with E-state index in [1.807, 2.05) is 0 Å². The minimum absolute atomic E-state index is 0.0981. The van der Waals surface area contributed by atoms with Crippen molar-refractivity contribution in [3.63, 3.8) is 0 Å². The molecule has 52 heavy (non-hydrogen) atoms. The molecule has 0 spiro atoms. The van der Waals surface area contributed by atoms with E-state index in [2.05, 4.69) is 86.8 Å². The zero-order valence-electron chi connectivity index (χ0n) is 33.8. The predicted octanol–water partition coefficient (Wildman–Crippen LogP) is 13.7. The van der Waals surface area contributed by atoms with E-state index in [9.17, 15) is 14.7 Å². The summed E-state index contributed by atoms with van der Waals surface area (Å²) in [4.78, 5) is 24.3. The van der Waals surface area contributed by atoms with Gasteiger partial charge in [0.1, 0.15) is 6.61 Å². The van der Waals surface area contributed by atoms with Gasteiger partial charge in [0.25, 0.3) is 0 Å². The minimum atomic E-state index is -0.797. The molecule has 1 atom stereocenters. The maximum atomic E-state index is 12.2. The maximum absolute atomic E-state index is 12.2. The van der Waals surface area contributed by atoms with Crippen LogP contribution < -0.4 is 0 Å². The van der Waals surface area contributed by atoms with Crippen molar-refractivity contribution in [2.24, 2.45) is 0 Å². The van der Waals surface area contributed by atoms with Crippen LogP contribution in [-0.2, 0) is 19.1 Å². The third kappa shape index (κ3) is 40.1. The van der Waals surface area contributed by atoms with Gasteiger partial charge in [0.15, 0.2) is 6.10 Å². The molecule has 298 valence electrons. The summed E-state index contributed by atoms with van der Waals surface area (Å²) in [5.41, 5.74) is 0. The highest BCUT2D eigenvalue weighted by atomic mass is 16.6. The first kappa shape index (κ1) is 49.3. The lowest BCUT2D eigenvalue weighted by Crippen LogP contribution is -2.28. The Hall–Kier alpha value is -2.66. The molecule has 0 saturated carbocycles. The largest absolute Gasteiger partial charge is 0.462 e. The minimum Gasteiger partial charge on any atom is -0.462 e. The van der Waals surface area contributed by atoms with Gasteiger partial charge in [-0.1, -0.05) is 177 Å². The Bertz CT molecular complexity index is 957. The monoisotopic (exact) mass is 725 g/mol. The molecule has 0 heterocycles. The van der Waals surface area contributed by atoms with Gasteiger partial charge in [-0.2, -0.15) is 0 Å².